The van der Waals surface area contributed by atoms with Crippen LogP contribution in [0.15, 0.2) is 67.0 Å². The number of carbonyl (C=O) groups excluding carboxylic acids is 1. The standard InChI is InChI=1S/C23H21N5O2/c1-15-11-16(2)13-18(12-15)23(29)27-19-5-7-20(8-6-19)30-22-14-21(25-17(3)26-22)28-10-4-9-24-28/h4-14H,1-3H3,(H,27,29). The van der Waals surface area contributed by atoms with Gasteiger partial charge >= 0.3 is 0 Å². The second-order valence-electron chi connectivity index (χ2n) is 7.02. The van der Waals surface area contributed by atoms with E-state index in [9.17, 15) is 4.79 Å². The van der Waals surface area contributed by atoms with Crippen molar-refractivity contribution in [2.75, 3.05) is 5.32 Å². The minimum Gasteiger partial charge on any atom is -0.439 e. The SMILES string of the molecule is Cc1cc(C)cc(C(=O)Nc2ccc(Oc3cc(-n4cccn4)nc(C)n3)cc2)c1. The normalized spacial score (nSPS) is 10.6. The average Bonchev–Trinajstić information content (AvgIpc) is 3.23. The number of hydrogen-bond acceptors (Lipinski definition) is 5. The Morgan fingerprint density at radius 1 is 0.967 bits per heavy atom. The molecule has 4 aromatic rings. The Morgan fingerprint density at radius 3 is 2.37 bits per heavy atom. The fourth-order valence-corrected chi connectivity index (χ4v) is 3.14. The van der Waals surface area contributed by atoms with Crippen molar-refractivity contribution in [1.82, 2.24) is 19.7 Å². The predicted molar refractivity (Wildman–Crippen MR) is 114 cm³/mol. The molecule has 7 nitrogen and oxygen atoms in total. The number of nitrogens with zero attached hydrogens (tertiary/aromatic N) is 4. The lowest BCUT2D eigenvalue weighted by Gasteiger charge is -2.10. The summed E-state index contributed by atoms with van der Waals surface area (Å²) in [5, 5.41) is 7.09. The summed E-state index contributed by atoms with van der Waals surface area (Å²) in [4.78, 5) is 21.2. The first-order valence-corrected chi connectivity index (χ1v) is 9.49. The van der Waals surface area contributed by atoms with E-state index < -0.39 is 0 Å². The van der Waals surface area contributed by atoms with Crippen LogP contribution in [0.3, 0.4) is 0 Å². The van der Waals surface area contributed by atoms with Crippen LogP contribution in [0.25, 0.3) is 5.82 Å². The van der Waals surface area contributed by atoms with Gasteiger partial charge in [-0.15, -0.1) is 0 Å². The molecule has 1 N–H and O–H groups in total. The average molecular weight is 399 g/mol. The van der Waals surface area contributed by atoms with E-state index in [0.717, 1.165) is 11.1 Å². The van der Waals surface area contributed by atoms with E-state index in [1.807, 2.05) is 38.1 Å². The van der Waals surface area contributed by atoms with Crippen molar-refractivity contribution in [3.8, 4) is 17.4 Å². The number of benzene rings is 2. The Hall–Kier alpha value is -4.00. The zero-order valence-corrected chi connectivity index (χ0v) is 17.0. The summed E-state index contributed by atoms with van der Waals surface area (Å²) in [7, 11) is 0. The number of aryl methyl sites for hydroxylation is 3. The predicted octanol–water partition coefficient (Wildman–Crippen LogP) is 4.63. The smallest absolute Gasteiger partial charge is 0.255 e. The first kappa shape index (κ1) is 19.3. The topological polar surface area (TPSA) is 81.9 Å². The molecule has 0 unspecified atom stereocenters. The van der Waals surface area contributed by atoms with Crippen LogP contribution < -0.4 is 10.1 Å². The van der Waals surface area contributed by atoms with Crippen LogP contribution in [0, 0.1) is 20.8 Å². The van der Waals surface area contributed by atoms with Crippen LogP contribution in [0.2, 0.25) is 0 Å². The molecule has 30 heavy (non-hydrogen) atoms. The molecule has 0 spiro atoms. The third-order valence-electron chi connectivity index (χ3n) is 4.36. The van der Waals surface area contributed by atoms with Crippen molar-refractivity contribution in [3.05, 3.63) is 89.5 Å². The minimum absolute atomic E-state index is 0.147. The van der Waals surface area contributed by atoms with Crippen LogP contribution >= 0.6 is 0 Å². The van der Waals surface area contributed by atoms with Crippen molar-refractivity contribution in [3.63, 3.8) is 0 Å². The summed E-state index contributed by atoms with van der Waals surface area (Å²) in [6.45, 7) is 5.75. The lowest BCUT2D eigenvalue weighted by molar-refractivity contribution is 0.102. The lowest BCUT2D eigenvalue weighted by atomic mass is 10.1. The lowest BCUT2D eigenvalue weighted by Crippen LogP contribution is -2.12. The molecule has 4 rings (SSSR count). The van der Waals surface area contributed by atoms with E-state index in [4.69, 9.17) is 4.74 Å². The molecular weight excluding hydrogens is 378 g/mol. The molecule has 0 saturated carbocycles. The molecule has 2 aromatic heterocycles. The first-order chi connectivity index (χ1) is 14.5. The van der Waals surface area contributed by atoms with Gasteiger partial charge in [-0.2, -0.15) is 10.1 Å². The Kier molecular flexibility index (Phi) is 5.26. The number of aromatic nitrogens is 4. The molecule has 2 aromatic carbocycles. The number of nitrogens with one attached hydrogen (secondary N) is 1. The van der Waals surface area contributed by atoms with Gasteiger partial charge in [0.15, 0.2) is 5.82 Å². The monoisotopic (exact) mass is 399 g/mol. The van der Waals surface area contributed by atoms with Gasteiger partial charge in [0.2, 0.25) is 5.88 Å². The zero-order valence-electron chi connectivity index (χ0n) is 17.0. The molecule has 1 amide bonds. The Bertz CT molecular complexity index is 1160. The van der Waals surface area contributed by atoms with E-state index in [-0.39, 0.29) is 5.91 Å². The largest absolute Gasteiger partial charge is 0.439 e. The van der Waals surface area contributed by atoms with Crippen LogP contribution in [-0.4, -0.2) is 25.7 Å². The molecule has 0 bridgehead atoms. The van der Waals surface area contributed by atoms with Crippen molar-refractivity contribution in [2.45, 2.75) is 20.8 Å². The maximum Gasteiger partial charge on any atom is 0.255 e. The molecule has 2 heterocycles. The molecule has 0 aliphatic rings. The zero-order chi connectivity index (χ0) is 21.1. The number of ether oxygens (including phenoxy) is 1. The van der Waals surface area contributed by atoms with E-state index in [1.54, 1.807) is 54.3 Å². The van der Waals surface area contributed by atoms with Crippen LogP contribution in [0.1, 0.15) is 27.3 Å². The van der Waals surface area contributed by atoms with E-state index in [2.05, 4.69) is 20.4 Å². The van der Waals surface area contributed by atoms with Gasteiger partial charge < -0.3 is 10.1 Å². The Morgan fingerprint density at radius 2 is 1.70 bits per heavy atom. The molecule has 150 valence electrons. The molecule has 0 saturated heterocycles. The first-order valence-electron chi connectivity index (χ1n) is 9.49. The van der Waals surface area contributed by atoms with Crippen molar-refractivity contribution in [2.24, 2.45) is 0 Å². The summed E-state index contributed by atoms with van der Waals surface area (Å²) in [6.07, 6.45) is 3.49. The third kappa shape index (κ3) is 4.52. The Balaban J connectivity index is 1.47. The minimum atomic E-state index is -0.147. The second kappa shape index (κ2) is 8.16. The number of hydrogen-bond donors (Lipinski definition) is 1. The fraction of sp³-hybridized carbons (Fsp3) is 0.130. The molecule has 0 radical (unpaired) electrons. The third-order valence-corrected chi connectivity index (χ3v) is 4.36. The quantitative estimate of drug-likeness (QED) is 0.529. The van der Waals surface area contributed by atoms with Crippen molar-refractivity contribution in [1.29, 1.82) is 0 Å². The molecule has 0 aliphatic heterocycles. The summed E-state index contributed by atoms with van der Waals surface area (Å²) in [5.74, 6) is 2.07. The highest BCUT2D eigenvalue weighted by molar-refractivity contribution is 6.04. The molecule has 0 atom stereocenters. The highest BCUT2D eigenvalue weighted by Gasteiger charge is 2.09. The van der Waals surface area contributed by atoms with Crippen LogP contribution in [-0.2, 0) is 0 Å². The van der Waals surface area contributed by atoms with Gasteiger partial charge in [0.25, 0.3) is 5.91 Å². The summed E-state index contributed by atoms with van der Waals surface area (Å²) in [5.41, 5.74) is 3.43. The second-order valence-corrected chi connectivity index (χ2v) is 7.02. The van der Waals surface area contributed by atoms with Gasteiger partial charge in [-0.3, -0.25) is 4.79 Å². The molecule has 0 fully saturated rings. The fourth-order valence-electron chi connectivity index (χ4n) is 3.14. The van der Waals surface area contributed by atoms with E-state index in [0.29, 0.717) is 34.5 Å². The Labute approximate surface area is 174 Å². The van der Waals surface area contributed by atoms with Gasteiger partial charge in [-0.1, -0.05) is 17.2 Å². The molecule has 7 heteroatoms. The summed E-state index contributed by atoms with van der Waals surface area (Å²) in [6, 6.07) is 16.5. The highest BCUT2D eigenvalue weighted by Crippen LogP contribution is 2.23. The maximum atomic E-state index is 12.5. The van der Waals surface area contributed by atoms with E-state index >= 15 is 0 Å². The summed E-state index contributed by atoms with van der Waals surface area (Å²) < 4.78 is 7.52. The number of anilines is 1. The number of carbonyl (C=O) groups is 1. The molecular formula is C23H21N5O2. The van der Waals surface area contributed by atoms with Crippen molar-refractivity contribution < 1.29 is 9.53 Å². The maximum absolute atomic E-state index is 12.5. The van der Waals surface area contributed by atoms with Gasteiger partial charge in [-0.25, -0.2) is 9.67 Å². The van der Waals surface area contributed by atoms with Gasteiger partial charge in [0.1, 0.15) is 11.6 Å². The van der Waals surface area contributed by atoms with Crippen molar-refractivity contribution >= 4 is 11.6 Å². The number of amides is 1. The van der Waals surface area contributed by atoms with Crippen LogP contribution in [0.5, 0.6) is 11.6 Å². The van der Waals surface area contributed by atoms with Gasteiger partial charge in [0.05, 0.1) is 0 Å². The van der Waals surface area contributed by atoms with Gasteiger partial charge in [-0.05, 0) is 63.2 Å². The number of rotatable bonds is 5. The molecule has 0 aliphatic carbocycles. The summed E-state index contributed by atoms with van der Waals surface area (Å²) >= 11 is 0. The van der Waals surface area contributed by atoms with Gasteiger partial charge in [0, 0.05) is 29.7 Å². The van der Waals surface area contributed by atoms with E-state index in [1.165, 1.54) is 0 Å². The van der Waals surface area contributed by atoms with Crippen LogP contribution in [0.4, 0.5) is 5.69 Å². The highest BCUT2D eigenvalue weighted by atomic mass is 16.5.